The van der Waals surface area contributed by atoms with Crippen LogP contribution in [0.15, 0.2) is 24.3 Å². The third-order valence-electron chi connectivity index (χ3n) is 4.66. The van der Waals surface area contributed by atoms with Crippen molar-refractivity contribution in [3.05, 3.63) is 29.8 Å². The average molecular weight is 290 g/mol. The van der Waals surface area contributed by atoms with Crippen LogP contribution in [0.2, 0.25) is 0 Å². The highest BCUT2D eigenvalue weighted by Gasteiger charge is 2.43. The van der Waals surface area contributed by atoms with Gasteiger partial charge in [-0.15, -0.1) is 0 Å². The van der Waals surface area contributed by atoms with Crippen LogP contribution in [0.4, 0.5) is 0 Å². The highest BCUT2D eigenvalue weighted by Crippen LogP contribution is 2.33. The lowest BCUT2D eigenvalue weighted by Crippen LogP contribution is -2.52. The van der Waals surface area contributed by atoms with Crippen molar-refractivity contribution in [3.8, 4) is 5.75 Å². The van der Waals surface area contributed by atoms with Gasteiger partial charge in [-0.25, -0.2) is 0 Å². The van der Waals surface area contributed by atoms with Crippen LogP contribution >= 0.6 is 0 Å². The van der Waals surface area contributed by atoms with E-state index in [0.717, 1.165) is 44.8 Å². The molecule has 0 radical (unpaired) electrons. The topological polar surface area (TPSA) is 42.0 Å². The van der Waals surface area contributed by atoms with Crippen LogP contribution in [-0.2, 0) is 4.74 Å². The van der Waals surface area contributed by atoms with Gasteiger partial charge in [0, 0.05) is 38.0 Å². The van der Waals surface area contributed by atoms with Crippen LogP contribution in [0, 0.1) is 0 Å². The molecule has 1 amide bonds. The molecule has 0 aliphatic carbocycles. The Bertz CT molecular complexity index is 507. The summed E-state index contributed by atoms with van der Waals surface area (Å²) >= 11 is 0. The van der Waals surface area contributed by atoms with Crippen molar-refractivity contribution in [3.63, 3.8) is 0 Å². The van der Waals surface area contributed by atoms with Gasteiger partial charge in [0.2, 0.25) is 0 Å². The molecule has 21 heavy (non-hydrogen) atoms. The van der Waals surface area contributed by atoms with Crippen molar-refractivity contribution in [2.24, 2.45) is 0 Å². The molecule has 2 saturated heterocycles. The Morgan fingerprint density at radius 1 is 1.19 bits per heavy atom. The van der Waals surface area contributed by atoms with Crippen LogP contribution in [0.1, 0.15) is 23.2 Å². The van der Waals surface area contributed by atoms with Crippen LogP contribution < -0.4 is 4.74 Å². The first kappa shape index (κ1) is 14.4. The predicted octanol–water partition coefficient (Wildman–Crippen LogP) is 1.59. The molecule has 0 saturated carbocycles. The fourth-order valence-electron chi connectivity index (χ4n) is 3.19. The highest BCUT2D eigenvalue weighted by atomic mass is 16.5. The van der Waals surface area contributed by atoms with Crippen molar-refractivity contribution >= 4 is 5.91 Å². The summed E-state index contributed by atoms with van der Waals surface area (Å²) < 4.78 is 11.1. The second kappa shape index (κ2) is 5.66. The van der Waals surface area contributed by atoms with Crippen molar-refractivity contribution in [1.29, 1.82) is 0 Å². The zero-order valence-electron chi connectivity index (χ0n) is 12.7. The second-order valence-corrected chi connectivity index (χ2v) is 5.74. The molecule has 5 nitrogen and oxygen atoms in total. The predicted molar refractivity (Wildman–Crippen MR) is 79.4 cm³/mol. The Morgan fingerprint density at radius 3 is 2.38 bits per heavy atom. The van der Waals surface area contributed by atoms with Crippen LogP contribution in [0.5, 0.6) is 5.75 Å². The summed E-state index contributed by atoms with van der Waals surface area (Å²) in [5.41, 5.74) is 0.573. The number of likely N-dealkylation sites (tertiary alicyclic amines) is 1. The first-order chi connectivity index (χ1) is 10.1. The molecule has 2 fully saturated rings. The number of carbonyl (C=O) groups is 1. The highest BCUT2D eigenvalue weighted by molar-refractivity contribution is 5.94. The molecule has 0 aromatic heterocycles. The lowest BCUT2D eigenvalue weighted by Gasteiger charge is -2.42. The van der Waals surface area contributed by atoms with E-state index in [1.54, 1.807) is 7.11 Å². The van der Waals surface area contributed by atoms with Crippen molar-refractivity contribution in [1.82, 2.24) is 9.80 Å². The van der Waals surface area contributed by atoms with E-state index < -0.39 is 0 Å². The molecular weight excluding hydrogens is 268 g/mol. The SMILES string of the molecule is COc1ccc(C(=O)N2CCC3(CC2)OCCN3C)cc1. The zero-order valence-corrected chi connectivity index (χ0v) is 12.7. The Balaban J connectivity index is 1.64. The minimum absolute atomic E-state index is 0.0909. The van der Waals surface area contributed by atoms with Crippen molar-refractivity contribution in [2.45, 2.75) is 18.6 Å². The third-order valence-corrected chi connectivity index (χ3v) is 4.66. The van der Waals surface area contributed by atoms with Crippen molar-refractivity contribution in [2.75, 3.05) is 40.4 Å². The summed E-state index contributed by atoms with van der Waals surface area (Å²) in [5.74, 6) is 0.860. The molecular formula is C16H22N2O3. The molecule has 1 aromatic carbocycles. The molecule has 1 aromatic rings. The quantitative estimate of drug-likeness (QED) is 0.829. The number of methoxy groups -OCH3 is 1. The molecule has 3 rings (SSSR count). The van der Waals surface area contributed by atoms with E-state index >= 15 is 0 Å². The van der Waals surface area contributed by atoms with E-state index in [1.165, 1.54) is 0 Å². The number of hydrogen-bond acceptors (Lipinski definition) is 4. The van der Waals surface area contributed by atoms with Gasteiger partial charge in [-0.05, 0) is 31.3 Å². The molecule has 2 heterocycles. The van der Waals surface area contributed by atoms with Gasteiger partial charge >= 0.3 is 0 Å². The first-order valence-electron chi connectivity index (χ1n) is 7.43. The molecule has 114 valence electrons. The molecule has 0 unspecified atom stereocenters. The van der Waals surface area contributed by atoms with Gasteiger partial charge in [-0.3, -0.25) is 9.69 Å². The number of nitrogens with zero attached hydrogens (tertiary/aromatic N) is 2. The average Bonchev–Trinajstić information content (AvgIpc) is 2.88. The van der Waals surface area contributed by atoms with Gasteiger partial charge in [-0.1, -0.05) is 0 Å². The van der Waals surface area contributed by atoms with Gasteiger partial charge in [-0.2, -0.15) is 0 Å². The lowest BCUT2D eigenvalue weighted by molar-refractivity contribution is -0.106. The van der Waals surface area contributed by atoms with Crippen LogP contribution in [0.25, 0.3) is 0 Å². The Kier molecular flexibility index (Phi) is 3.87. The molecule has 0 bridgehead atoms. The molecule has 0 N–H and O–H groups in total. The lowest BCUT2D eigenvalue weighted by atomic mass is 9.98. The van der Waals surface area contributed by atoms with E-state index in [0.29, 0.717) is 5.56 Å². The Morgan fingerprint density at radius 2 is 1.86 bits per heavy atom. The largest absolute Gasteiger partial charge is 0.497 e. The minimum Gasteiger partial charge on any atom is -0.497 e. The van der Waals surface area contributed by atoms with E-state index in [-0.39, 0.29) is 11.6 Å². The van der Waals surface area contributed by atoms with Gasteiger partial charge < -0.3 is 14.4 Å². The number of ether oxygens (including phenoxy) is 2. The first-order valence-corrected chi connectivity index (χ1v) is 7.43. The monoisotopic (exact) mass is 290 g/mol. The second-order valence-electron chi connectivity index (χ2n) is 5.74. The Labute approximate surface area is 125 Å². The smallest absolute Gasteiger partial charge is 0.253 e. The fraction of sp³-hybridized carbons (Fsp3) is 0.562. The number of piperidine rings is 1. The van der Waals surface area contributed by atoms with Crippen LogP contribution in [0.3, 0.4) is 0 Å². The van der Waals surface area contributed by atoms with Crippen LogP contribution in [-0.4, -0.2) is 61.8 Å². The number of rotatable bonds is 2. The van der Waals surface area contributed by atoms with E-state index in [2.05, 4.69) is 11.9 Å². The van der Waals surface area contributed by atoms with Gasteiger partial charge in [0.25, 0.3) is 5.91 Å². The molecule has 5 heteroatoms. The normalized spacial score (nSPS) is 21.7. The van der Waals surface area contributed by atoms with Gasteiger partial charge in [0.05, 0.1) is 13.7 Å². The maximum atomic E-state index is 12.5. The summed E-state index contributed by atoms with van der Waals surface area (Å²) in [4.78, 5) is 16.7. The maximum absolute atomic E-state index is 12.5. The number of benzene rings is 1. The summed E-state index contributed by atoms with van der Waals surface area (Å²) in [7, 11) is 3.73. The number of amides is 1. The van der Waals surface area contributed by atoms with Gasteiger partial charge in [0.15, 0.2) is 0 Å². The number of hydrogen-bond donors (Lipinski definition) is 0. The van der Waals surface area contributed by atoms with E-state index in [4.69, 9.17) is 9.47 Å². The Hall–Kier alpha value is -1.59. The third kappa shape index (κ3) is 2.63. The van der Waals surface area contributed by atoms with Gasteiger partial charge in [0.1, 0.15) is 11.5 Å². The molecule has 0 atom stereocenters. The zero-order chi connectivity index (χ0) is 14.9. The minimum atomic E-state index is -0.142. The number of carbonyl (C=O) groups excluding carboxylic acids is 1. The van der Waals surface area contributed by atoms with Crippen molar-refractivity contribution < 1.29 is 14.3 Å². The molecule has 1 spiro atoms. The van der Waals surface area contributed by atoms with E-state index in [9.17, 15) is 4.79 Å². The summed E-state index contributed by atoms with van der Waals surface area (Å²) in [6.07, 6.45) is 1.76. The van der Waals surface area contributed by atoms with E-state index in [1.807, 2.05) is 29.2 Å². The standard InChI is InChI=1S/C16H22N2O3/c1-17-11-12-21-16(17)7-9-18(10-8-16)15(19)13-3-5-14(20-2)6-4-13/h3-6H,7-12H2,1-2H3. The summed E-state index contributed by atoms with van der Waals surface area (Å²) in [6, 6.07) is 7.30. The molecule has 2 aliphatic rings. The maximum Gasteiger partial charge on any atom is 0.253 e. The molecule has 2 aliphatic heterocycles. The summed E-state index contributed by atoms with van der Waals surface area (Å²) in [6.45, 7) is 3.26. The number of likely N-dealkylation sites (N-methyl/N-ethyl adjacent to an activating group) is 1. The fourth-order valence-corrected chi connectivity index (χ4v) is 3.19. The summed E-state index contributed by atoms with van der Waals surface area (Å²) in [5, 5.41) is 0.